The zero-order chi connectivity index (χ0) is 16.2. The van der Waals surface area contributed by atoms with Crippen LogP contribution in [-0.4, -0.2) is 37.2 Å². The van der Waals surface area contributed by atoms with Gasteiger partial charge in [0.05, 0.1) is 13.2 Å². The van der Waals surface area contributed by atoms with E-state index >= 15 is 0 Å². The van der Waals surface area contributed by atoms with Gasteiger partial charge < -0.3 is 15.4 Å². The lowest BCUT2D eigenvalue weighted by Gasteiger charge is -2.12. The van der Waals surface area contributed by atoms with Crippen molar-refractivity contribution in [3.8, 4) is 0 Å². The molecular formula is C16H27ClN4O. The number of ether oxygens (including phenoxy) is 1. The summed E-state index contributed by atoms with van der Waals surface area (Å²) in [6.45, 7) is 10.0. The van der Waals surface area contributed by atoms with E-state index in [0.29, 0.717) is 24.2 Å². The van der Waals surface area contributed by atoms with Gasteiger partial charge in [-0.3, -0.25) is 0 Å². The van der Waals surface area contributed by atoms with Gasteiger partial charge in [0.25, 0.3) is 0 Å². The monoisotopic (exact) mass is 326 g/mol. The molecule has 0 bridgehead atoms. The lowest BCUT2D eigenvalue weighted by Crippen LogP contribution is -2.39. The van der Waals surface area contributed by atoms with Crippen LogP contribution in [0.5, 0.6) is 0 Å². The number of halogens is 1. The van der Waals surface area contributed by atoms with Gasteiger partial charge in [-0.1, -0.05) is 31.5 Å². The van der Waals surface area contributed by atoms with Crippen molar-refractivity contribution in [2.45, 2.75) is 33.7 Å². The van der Waals surface area contributed by atoms with Gasteiger partial charge >= 0.3 is 0 Å². The molecule has 0 unspecified atom stereocenters. The Labute approximate surface area is 138 Å². The number of nitrogens with one attached hydrogen (secondary N) is 2. The minimum atomic E-state index is 0.497. The second kappa shape index (κ2) is 11.3. The van der Waals surface area contributed by atoms with Gasteiger partial charge in [0.1, 0.15) is 5.15 Å². The number of rotatable bonds is 9. The minimum Gasteiger partial charge on any atom is -0.380 e. The maximum Gasteiger partial charge on any atom is 0.191 e. The molecule has 1 heterocycles. The van der Waals surface area contributed by atoms with Crippen molar-refractivity contribution in [3.63, 3.8) is 0 Å². The Balaban J connectivity index is 2.31. The third-order valence-electron chi connectivity index (χ3n) is 2.93. The number of guanidine groups is 1. The van der Waals surface area contributed by atoms with Crippen LogP contribution in [0.25, 0.3) is 0 Å². The van der Waals surface area contributed by atoms with Crippen LogP contribution in [0.1, 0.15) is 32.8 Å². The Bertz CT molecular complexity index is 434. The number of hydrogen-bond donors (Lipinski definition) is 2. The number of pyridine rings is 1. The van der Waals surface area contributed by atoms with E-state index in [1.54, 1.807) is 12.3 Å². The van der Waals surface area contributed by atoms with Gasteiger partial charge in [0, 0.05) is 25.9 Å². The first-order valence-corrected chi connectivity index (χ1v) is 8.20. The van der Waals surface area contributed by atoms with Crippen molar-refractivity contribution in [2.75, 3.05) is 26.3 Å². The molecule has 2 N–H and O–H groups in total. The molecule has 5 nitrogen and oxygen atoms in total. The van der Waals surface area contributed by atoms with Gasteiger partial charge in [-0.15, -0.1) is 0 Å². The standard InChI is InChI=1S/C16H27ClN4O/c1-4-18-16(19-8-10-22-9-7-13(2)3)21-12-14-5-6-15(17)20-11-14/h5-6,11,13H,4,7-10,12H2,1-3H3,(H2,18,19,21). The van der Waals surface area contributed by atoms with E-state index in [-0.39, 0.29) is 0 Å². The molecule has 1 aromatic rings. The summed E-state index contributed by atoms with van der Waals surface area (Å²) in [7, 11) is 0. The molecule has 1 rings (SSSR count). The van der Waals surface area contributed by atoms with E-state index in [1.807, 2.05) is 13.0 Å². The topological polar surface area (TPSA) is 58.5 Å². The summed E-state index contributed by atoms with van der Waals surface area (Å²) < 4.78 is 5.58. The first-order chi connectivity index (χ1) is 10.6. The van der Waals surface area contributed by atoms with Crippen LogP contribution in [0, 0.1) is 5.92 Å². The zero-order valence-corrected chi connectivity index (χ0v) is 14.5. The van der Waals surface area contributed by atoms with Crippen molar-refractivity contribution >= 4 is 17.6 Å². The van der Waals surface area contributed by atoms with Gasteiger partial charge in [0.2, 0.25) is 0 Å². The molecule has 0 aliphatic heterocycles. The molecule has 0 aliphatic rings. The van der Waals surface area contributed by atoms with Crippen LogP contribution in [-0.2, 0) is 11.3 Å². The summed E-state index contributed by atoms with van der Waals surface area (Å²) in [6, 6.07) is 3.70. The largest absolute Gasteiger partial charge is 0.380 e. The van der Waals surface area contributed by atoms with Crippen LogP contribution in [0.3, 0.4) is 0 Å². The fourth-order valence-corrected chi connectivity index (χ4v) is 1.79. The lowest BCUT2D eigenvalue weighted by molar-refractivity contribution is 0.128. The Kier molecular flexibility index (Phi) is 9.59. The summed E-state index contributed by atoms with van der Waals surface area (Å²) in [5.41, 5.74) is 1.02. The highest BCUT2D eigenvalue weighted by atomic mass is 35.5. The van der Waals surface area contributed by atoms with E-state index in [0.717, 1.165) is 37.6 Å². The molecule has 0 amide bonds. The highest BCUT2D eigenvalue weighted by Gasteiger charge is 1.99. The van der Waals surface area contributed by atoms with Crippen LogP contribution >= 0.6 is 11.6 Å². The summed E-state index contributed by atoms with van der Waals surface area (Å²) >= 11 is 5.77. The lowest BCUT2D eigenvalue weighted by atomic mass is 10.1. The molecule has 0 atom stereocenters. The number of aliphatic imine (C=N–C) groups is 1. The Morgan fingerprint density at radius 2 is 2.14 bits per heavy atom. The second-order valence-electron chi connectivity index (χ2n) is 5.41. The third kappa shape index (κ3) is 8.85. The van der Waals surface area contributed by atoms with Crippen molar-refractivity contribution in [1.82, 2.24) is 15.6 Å². The molecule has 0 saturated heterocycles. The first-order valence-electron chi connectivity index (χ1n) is 7.82. The molecule has 22 heavy (non-hydrogen) atoms. The Hall–Kier alpha value is -1.33. The SMILES string of the molecule is CCNC(=NCc1ccc(Cl)nc1)NCCOCCC(C)C. The highest BCUT2D eigenvalue weighted by Crippen LogP contribution is 2.06. The summed E-state index contributed by atoms with van der Waals surface area (Å²) in [4.78, 5) is 8.56. The number of aromatic nitrogens is 1. The molecule has 0 spiro atoms. The molecule has 0 radical (unpaired) electrons. The van der Waals surface area contributed by atoms with Gasteiger partial charge in [0.15, 0.2) is 5.96 Å². The van der Waals surface area contributed by atoms with Crippen LogP contribution in [0.15, 0.2) is 23.3 Å². The Morgan fingerprint density at radius 1 is 1.32 bits per heavy atom. The predicted molar refractivity (Wildman–Crippen MR) is 92.3 cm³/mol. The zero-order valence-electron chi connectivity index (χ0n) is 13.7. The molecule has 0 saturated carbocycles. The molecule has 0 aromatic carbocycles. The fourth-order valence-electron chi connectivity index (χ4n) is 1.67. The maximum atomic E-state index is 5.77. The first kappa shape index (κ1) is 18.7. The van der Waals surface area contributed by atoms with Crippen LogP contribution < -0.4 is 10.6 Å². The van der Waals surface area contributed by atoms with Crippen molar-refractivity contribution < 1.29 is 4.74 Å². The van der Waals surface area contributed by atoms with Crippen molar-refractivity contribution in [2.24, 2.45) is 10.9 Å². The van der Waals surface area contributed by atoms with Crippen molar-refractivity contribution in [1.29, 1.82) is 0 Å². The van der Waals surface area contributed by atoms with E-state index < -0.39 is 0 Å². The average Bonchev–Trinajstić information content (AvgIpc) is 2.49. The third-order valence-corrected chi connectivity index (χ3v) is 3.15. The molecule has 6 heteroatoms. The van der Waals surface area contributed by atoms with Crippen LogP contribution in [0.4, 0.5) is 0 Å². The summed E-state index contributed by atoms with van der Waals surface area (Å²) in [6.07, 6.45) is 2.84. The van der Waals surface area contributed by atoms with Gasteiger partial charge in [-0.25, -0.2) is 9.98 Å². The van der Waals surface area contributed by atoms with E-state index in [9.17, 15) is 0 Å². The second-order valence-corrected chi connectivity index (χ2v) is 5.79. The molecule has 1 aromatic heterocycles. The summed E-state index contributed by atoms with van der Waals surface area (Å²) in [5, 5.41) is 6.96. The molecule has 0 fully saturated rings. The highest BCUT2D eigenvalue weighted by molar-refractivity contribution is 6.29. The normalized spacial score (nSPS) is 11.8. The minimum absolute atomic E-state index is 0.497. The molecule has 0 aliphatic carbocycles. The molecular weight excluding hydrogens is 300 g/mol. The Morgan fingerprint density at radius 3 is 2.77 bits per heavy atom. The maximum absolute atomic E-state index is 5.77. The molecule has 124 valence electrons. The summed E-state index contributed by atoms with van der Waals surface area (Å²) in [5.74, 6) is 1.46. The fraction of sp³-hybridized carbons (Fsp3) is 0.625. The van der Waals surface area contributed by atoms with Gasteiger partial charge in [-0.2, -0.15) is 0 Å². The average molecular weight is 327 g/mol. The van der Waals surface area contributed by atoms with Crippen molar-refractivity contribution in [3.05, 3.63) is 29.0 Å². The quantitative estimate of drug-likeness (QED) is 0.317. The van der Waals surface area contributed by atoms with E-state index in [1.165, 1.54) is 0 Å². The van der Waals surface area contributed by atoms with Gasteiger partial charge in [-0.05, 0) is 30.9 Å². The predicted octanol–water partition coefficient (Wildman–Crippen LogP) is 2.85. The van der Waals surface area contributed by atoms with E-state index in [2.05, 4.69) is 34.5 Å². The van der Waals surface area contributed by atoms with Crippen LogP contribution in [0.2, 0.25) is 5.15 Å². The smallest absolute Gasteiger partial charge is 0.191 e. The number of nitrogens with zero attached hydrogens (tertiary/aromatic N) is 2. The van der Waals surface area contributed by atoms with E-state index in [4.69, 9.17) is 16.3 Å². The number of hydrogen-bond acceptors (Lipinski definition) is 3.